The summed E-state index contributed by atoms with van der Waals surface area (Å²) in [6.45, 7) is 0. The molecule has 1 aromatic heterocycles. The van der Waals surface area contributed by atoms with Crippen LogP contribution < -0.4 is 24.0 Å². The molecule has 0 bridgehead atoms. The third kappa shape index (κ3) is 3.07. The monoisotopic (exact) mass is 217 g/mol. The van der Waals surface area contributed by atoms with Crippen molar-refractivity contribution in [2.75, 3.05) is 0 Å². The smallest absolute Gasteiger partial charge is 0.546 e. The molecule has 0 saturated heterocycles. The van der Waals surface area contributed by atoms with E-state index in [-0.39, 0.29) is 18.9 Å². The molecule has 0 fully saturated rings. The van der Waals surface area contributed by atoms with Crippen molar-refractivity contribution in [2.45, 2.75) is 12.0 Å². The molecular weight excluding hydrogens is 209 g/mol. The quantitative estimate of drug-likeness (QED) is 0.386. The number of nitrogens with zero attached hydrogens (tertiary/aromatic N) is 1. The van der Waals surface area contributed by atoms with E-state index >= 15 is 0 Å². The van der Waals surface area contributed by atoms with Crippen LogP contribution in [0.25, 0.3) is 0 Å². The van der Waals surface area contributed by atoms with Gasteiger partial charge < -0.3 is 20.1 Å². The predicted molar refractivity (Wildman–Crippen MR) is 45.5 cm³/mol. The van der Waals surface area contributed by atoms with Crippen LogP contribution in [0.5, 0.6) is 0 Å². The molecule has 80 valence electrons. The number of carbonyl (C=O) groups is 2. The van der Waals surface area contributed by atoms with Gasteiger partial charge in [-0.15, -0.1) is 0 Å². The SMILES string of the molecule is O=C([O-])C(O)(Cc1cccnc1)C(=O)O.[Li+]. The Labute approximate surface area is 103 Å². The predicted octanol–water partition coefficient (Wildman–Crippen LogP) is -4.81. The van der Waals surface area contributed by atoms with E-state index in [9.17, 15) is 19.8 Å². The van der Waals surface area contributed by atoms with Gasteiger partial charge in [0.1, 0.15) is 0 Å². The van der Waals surface area contributed by atoms with E-state index in [1.54, 1.807) is 0 Å². The van der Waals surface area contributed by atoms with Crippen LogP contribution in [-0.4, -0.2) is 32.7 Å². The number of carboxylic acid groups (broad SMARTS) is 2. The van der Waals surface area contributed by atoms with Crippen molar-refractivity contribution in [1.82, 2.24) is 4.98 Å². The third-order valence-corrected chi connectivity index (χ3v) is 1.87. The number of aromatic nitrogens is 1. The standard InChI is InChI=1S/C9H9NO5.Li/c11-7(12)9(15,8(13)14)4-6-2-1-3-10-5-6;/h1-3,5,15H,4H2,(H,11,12)(H,13,14);/q;+1/p-1. The maximum absolute atomic E-state index is 10.6. The van der Waals surface area contributed by atoms with Gasteiger partial charge >= 0.3 is 24.8 Å². The van der Waals surface area contributed by atoms with E-state index in [1.807, 2.05) is 0 Å². The topological polar surface area (TPSA) is 111 Å². The molecule has 0 radical (unpaired) electrons. The van der Waals surface area contributed by atoms with Gasteiger partial charge in [0.2, 0.25) is 5.60 Å². The minimum Gasteiger partial charge on any atom is -0.546 e. The van der Waals surface area contributed by atoms with E-state index in [1.165, 1.54) is 24.5 Å². The molecular formula is C9H8LiNO5. The average molecular weight is 217 g/mol. The van der Waals surface area contributed by atoms with E-state index in [4.69, 9.17) is 5.11 Å². The van der Waals surface area contributed by atoms with Crippen LogP contribution in [0.15, 0.2) is 24.5 Å². The summed E-state index contributed by atoms with van der Waals surface area (Å²) in [6, 6.07) is 2.97. The Morgan fingerprint density at radius 3 is 2.50 bits per heavy atom. The van der Waals surface area contributed by atoms with Gasteiger partial charge in [0.15, 0.2) is 0 Å². The Balaban J connectivity index is 0.00000225. The Morgan fingerprint density at radius 2 is 2.12 bits per heavy atom. The fraction of sp³-hybridized carbons (Fsp3) is 0.222. The Bertz CT molecular complexity index is 367. The number of carbonyl (C=O) groups excluding carboxylic acids is 1. The third-order valence-electron chi connectivity index (χ3n) is 1.87. The molecule has 0 aromatic carbocycles. The van der Waals surface area contributed by atoms with Crippen LogP contribution >= 0.6 is 0 Å². The molecule has 0 amide bonds. The minimum absolute atomic E-state index is 0. The molecule has 6 nitrogen and oxygen atoms in total. The van der Waals surface area contributed by atoms with E-state index in [0.29, 0.717) is 5.56 Å². The van der Waals surface area contributed by atoms with Crippen molar-refractivity contribution in [1.29, 1.82) is 0 Å². The number of carboxylic acids is 2. The maximum atomic E-state index is 10.6. The first-order valence-electron chi connectivity index (χ1n) is 4.03. The summed E-state index contributed by atoms with van der Waals surface area (Å²) in [6.07, 6.45) is 2.14. The molecule has 0 aliphatic heterocycles. The van der Waals surface area contributed by atoms with Crippen LogP contribution in [0.3, 0.4) is 0 Å². The first kappa shape index (κ1) is 14.6. The Morgan fingerprint density at radius 1 is 1.50 bits per heavy atom. The summed E-state index contributed by atoms with van der Waals surface area (Å²) in [5, 5.41) is 28.4. The fourth-order valence-electron chi connectivity index (χ4n) is 1.03. The first-order chi connectivity index (χ1) is 6.97. The van der Waals surface area contributed by atoms with Crippen LogP contribution in [0.4, 0.5) is 0 Å². The van der Waals surface area contributed by atoms with E-state index in [0.717, 1.165) is 0 Å². The molecule has 1 unspecified atom stereocenters. The van der Waals surface area contributed by atoms with Gasteiger partial charge in [0.25, 0.3) is 0 Å². The van der Waals surface area contributed by atoms with Gasteiger partial charge in [-0.2, -0.15) is 0 Å². The summed E-state index contributed by atoms with van der Waals surface area (Å²) in [4.78, 5) is 24.8. The van der Waals surface area contributed by atoms with Gasteiger partial charge in [-0.25, -0.2) is 4.79 Å². The van der Waals surface area contributed by atoms with Gasteiger partial charge in [-0.05, 0) is 11.6 Å². The van der Waals surface area contributed by atoms with Crippen LogP contribution in [0, 0.1) is 0 Å². The molecule has 2 N–H and O–H groups in total. The fourth-order valence-corrected chi connectivity index (χ4v) is 1.03. The van der Waals surface area contributed by atoms with Gasteiger partial charge in [0.05, 0.1) is 5.97 Å². The van der Waals surface area contributed by atoms with E-state index < -0.39 is 24.0 Å². The second-order valence-electron chi connectivity index (χ2n) is 2.99. The molecule has 1 atom stereocenters. The summed E-state index contributed by atoms with van der Waals surface area (Å²) in [5.41, 5.74) is -2.62. The second-order valence-corrected chi connectivity index (χ2v) is 2.99. The van der Waals surface area contributed by atoms with Gasteiger partial charge in [0, 0.05) is 18.8 Å². The van der Waals surface area contributed by atoms with Crippen molar-refractivity contribution in [2.24, 2.45) is 0 Å². The maximum Gasteiger partial charge on any atom is 1.00 e. The normalized spacial score (nSPS) is 13.3. The zero-order valence-corrected chi connectivity index (χ0v) is 8.58. The van der Waals surface area contributed by atoms with Gasteiger partial charge in [-0.3, -0.25) is 4.98 Å². The van der Waals surface area contributed by atoms with Crippen LogP contribution in [0.1, 0.15) is 5.56 Å². The van der Waals surface area contributed by atoms with Crippen molar-refractivity contribution in [3.63, 3.8) is 0 Å². The summed E-state index contributed by atoms with van der Waals surface area (Å²) in [5.74, 6) is -3.90. The number of pyridine rings is 1. The molecule has 16 heavy (non-hydrogen) atoms. The summed E-state index contributed by atoms with van der Waals surface area (Å²) in [7, 11) is 0. The number of aliphatic carboxylic acids is 2. The Hall–Kier alpha value is -1.35. The molecule has 0 saturated carbocycles. The molecule has 1 rings (SSSR count). The molecule has 1 heterocycles. The minimum atomic E-state index is -2.91. The molecule has 0 aliphatic carbocycles. The number of hydrogen-bond acceptors (Lipinski definition) is 5. The second kappa shape index (κ2) is 5.66. The van der Waals surface area contributed by atoms with E-state index in [2.05, 4.69) is 4.98 Å². The van der Waals surface area contributed by atoms with Gasteiger partial charge in [-0.1, -0.05) is 6.07 Å². The summed E-state index contributed by atoms with van der Waals surface area (Å²) >= 11 is 0. The average Bonchev–Trinajstić information content (AvgIpc) is 2.18. The number of hydrogen-bond donors (Lipinski definition) is 2. The zero-order valence-electron chi connectivity index (χ0n) is 8.58. The Kier molecular flexibility index (Phi) is 5.18. The van der Waals surface area contributed by atoms with Crippen molar-refractivity contribution < 1.29 is 43.8 Å². The molecule has 0 aliphatic rings. The van der Waals surface area contributed by atoms with Crippen LogP contribution in [0.2, 0.25) is 0 Å². The molecule has 7 heteroatoms. The zero-order chi connectivity index (χ0) is 11.5. The molecule has 0 spiro atoms. The first-order valence-corrected chi connectivity index (χ1v) is 4.03. The number of aliphatic hydroxyl groups is 1. The molecule has 1 aromatic rings. The number of rotatable bonds is 4. The van der Waals surface area contributed by atoms with Crippen molar-refractivity contribution in [3.8, 4) is 0 Å². The van der Waals surface area contributed by atoms with Crippen molar-refractivity contribution >= 4 is 11.9 Å². The largest absolute Gasteiger partial charge is 1.00 e. The summed E-state index contributed by atoms with van der Waals surface area (Å²) < 4.78 is 0. The van der Waals surface area contributed by atoms with Crippen LogP contribution in [-0.2, 0) is 16.0 Å². The van der Waals surface area contributed by atoms with Crippen molar-refractivity contribution in [3.05, 3.63) is 30.1 Å².